The number of hydrogen-bond acceptors (Lipinski definition) is 5. The van der Waals surface area contributed by atoms with Crippen LogP contribution in [0.2, 0.25) is 5.02 Å². The molecule has 1 aliphatic rings. The van der Waals surface area contributed by atoms with Crippen molar-refractivity contribution in [3.63, 3.8) is 0 Å². The largest absolute Gasteiger partial charge is 0.439 e. The number of ether oxygens (including phenoxy) is 1. The number of rotatable bonds is 6. The average Bonchev–Trinajstić information content (AvgIpc) is 3.54. The highest BCUT2D eigenvalue weighted by atomic mass is 35.5. The molecule has 7 nitrogen and oxygen atoms in total. The molecule has 0 unspecified atom stereocenters. The number of halogens is 1. The maximum absolute atomic E-state index is 13.3. The van der Waals surface area contributed by atoms with E-state index in [-0.39, 0.29) is 5.91 Å². The van der Waals surface area contributed by atoms with Gasteiger partial charge in [0.1, 0.15) is 24.2 Å². The van der Waals surface area contributed by atoms with Gasteiger partial charge in [-0.25, -0.2) is 15.0 Å². The van der Waals surface area contributed by atoms with Crippen molar-refractivity contribution in [3.05, 3.63) is 90.2 Å². The number of benzene rings is 2. The van der Waals surface area contributed by atoms with Crippen molar-refractivity contribution in [2.24, 2.45) is 0 Å². The molecule has 2 aromatic heterocycles. The Kier molecular flexibility index (Phi) is 5.79. The van der Waals surface area contributed by atoms with Gasteiger partial charge in [-0.1, -0.05) is 36.6 Å². The average molecular weight is 460 g/mol. The number of anilines is 1. The summed E-state index contributed by atoms with van der Waals surface area (Å²) in [6.07, 6.45) is 10.3. The molecule has 1 aliphatic carbocycles. The molecular formula is C25H22ClN5O2. The van der Waals surface area contributed by atoms with Crippen molar-refractivity contribution in [2.45, 2.75) is 31.1 Å². The monoisotopic (exact) mass is 459 g/mol. The summed E-state index contributed by atoms with van der Waals surface area (Å²) in [5, 5.41) is 3.76. The van der Waals surface area contributed by atoms with Crippen molar-refractivity contribution in [2.75, 3.05) is 5.32 Å². The zero-order valence-corrected chi connectivity index (χ0v) is 18.6. The van der Waals surface area contributed by atoms with Gasteiger partial charge in [0.05, 0.1) is 5.41 Å². The van der Waals surface area contributed by atoms with E-state index < -0.39 is 5.41 Å². The van der Waals surface area contributed by atoms with Crippen LogP contribution in [0.1, 0.15) is 31.2 Å². The van der Waals surface area contributed by atoms with E-state index in [9.17, 15) is 4.79 Å². The lowest BCUT2D eigenvalue weighted by Crippen LogP contribution is -2.37. The smallest absolute Gasteiger partial charge is 0.235 e. The van der Waals surface area contributed by atoms with E-state index in [0.29, 0.717) is 22.5 Å². The summed E-state index contributed by atoms with van der Waals surface area (Å²) in [4.78, 5) is 25.8. The Morgan fingerprint density at radius 1 is 1.03 bits per heavy atom. The van der Waals surface area contributed by atoms with Gasteiger partial charge in [-0.05, 0) is 54.8 Å². The van der Waals surface area contributed by atoms with E-state index in [1.165, 1.54) is 6.33 Å². The Morgan fingerprint density at radius 3 is 2.48 bits per heavy atom. The maximum atomic E-state index is 13.3. The molecule has 0 bridgehead atoms. The SMILES string of the molecule is O=C(Nc1ccc(Oc2cc(-n3ccnc3)ncn2)cc1)C1(c2ccc(Cl)cc2)CCCC1. The van der Waals surface area contributed by atoms with Crippen LogP contribution in [0.4, 0.5) is 5.69 Å². The predicted molar refractivity (Wildman–Crippen MR) is 126 cm³/mol. The molecule has 33 heavy (non-hydrogen) atoms. The number of aromatic nitrogens is 4. The highest BCUT2D eigenvalue weighted by Crippen LogP contribution is 2.42. The van der Waals surface area contributed by atoms with Crippen molar-refractivity contribution >= 4 is 23.2 Å². The first-order valence-electron chi connectivity index (χ1n) is 10.8. The molecule has 4 aromatic rings. The van der Waals surface area contributed by atoms with Gasteiger partial charge in [-0.3, -0.25) is 9.36 Å². The molecule has 8 heteroatoms. The zero-order valence-electron chi connectivity index (χ0n) is 17.8. The van der Waals surface area contributed by atoms with Crippen LogP contribution in [0.15, 0.2) is 79.6 Å². The van der Waals surface area contributed by atoms with E-state index in [0.717, 1.165) is 36.9 Å². The lowest BCUT2D eigenvalue weighted by Gasteiger charge is -2.28. The second-order valence-electron chi connectivity index (χ2n) is 8.06. The minimum atomic E-state index is -0.523. The first kappa shape index (κ1) is 21.2. The van der Waals surface area contributed by atoms with Crippen LogP contribution in [-0.4, -0.2) is 25.4 Å². The van der Waals surface area contributed by atoms with Gasteiger partial charge in [0.25, 0.3) is 0 Å². The minimum absolute atomic E-state index is 0.0109. The number of nitrogens with one attached hydrogen (secondary N) is 1. The normalized spacial score (nSPS) is 14.7. The highest BCUT2D eigenvalue weighted by molar-refractivity contribution is 6.30. The Morgan fingerprint density at radius 2 is 1.79 bits per heavy atom. The molecule has 166 valence electrons. The van der Waals surface area contributed by atoms with Gasteiger partial charge in [0, 0.05) is 29.2 Å². The van der Waals surface area contributed by atoms with E-state index in [1.807, 2.05) is 36.4 Å². The third kappa shape index (κ3) is 4.45. The van der Waals surface area contributed by atoms with Crippen molar-refractivity contribution in [3.8, 4) is 17.4 Å². The number of nitrogens with zero attached hydrogens (tertiary/aromatic N) is 4. The van der Waals surface area contributed by atoms with Gasteiger partial charge in [0.2, 0.25) is 11.8 Å². The molecule has 2 aromatic carbocycles. The molecule has 0 atom stereocenters. The van der Waals surface area contributed by atoms with Crippen LogP contribution < -0.4 is 10.1 Å². The van der Waals surface area contributed by atoms with Crippen molar-refractivity contribution in [1.29, 1.82) is 0 Å². The second kappa shape index (κ2) is 9.03. The van der Waals surface area contributed by atoms with Crippen LogP contribution in [0.5, 0.6) is 11.6 Å². The van der Waals surface area contributed by atoms with E-state index in [2.05, 4.69) is 20.3 Å². The van der Waals surface area contributed by atoms with Gasteiger partial charge in [-0.15, -0.1) is 0 Å². The molecule has 2 heterocycles. The second-order valence-corrected chi connectivity index (χ2v) is 8.50. The van der Waals surface area contributed by atoms with Gasteiger partial charge < -0.3 is 10.1 Å². The van der Waals surface area contributed by atoms with Crippen LogP contribution in [-0.2, 0) is 10.2 Å². The van der Waals surface area contributed by atoms with Crippen LogP contribution in [0.25, 0.3) is 5.82 Å². The highest BCUT2D eigenvalue weighted by Gasteiger charge is 2.42. The standard InChI is InChI=1S/C25H22ClN5O2/c26-19-5-3-18(4-6-19)25(11-1-2-12-25)24(32)30-20-7-9-21(10-8-20)33-23-15-22(28-16-29-23)31-14-13-27-17-31/h3-10,13-17H,1-2,11-12H2,(H,30,32). The Hall–Kier alpha value is -3.71. The van der Waals surface area contributed by atoms with E-state index >= 15 is 0 Å². The Balaban J connectivity index is 1.29. The molecule has 0 spiro atoms. The number of carbonyl (C=O) groups excluding carboxylic acids is 1. The lowest BCUT2D eigenvalue weighted by atomic mass is 9.78. The molecule has 1 saturated carbocycles. The maximum Gasteiger partial charge on any atom is 0.235 e. The lowest BCUT2D eigenvalue weighted by molar-refractivity contribution is -0.121. The van der Waals surface area contributed by atoms with Crippen molar-refractivity contribution < 1.29 is 9.53 Å². The van der Waals surface area contributed by atoms with E-state index in [4.69, 9.17) is 16.3 Å². The fraction of sp³-hybridized carbons (Fsp3) is 0.200. The van der Waals surface area contributed by atoms with Crippen LogP contribution in [0.3, 0.4) is 0 Å². The first-order valence-corrected chi connectivity index (χ1v) is 11.2. The quantitative estimate of drug-likeness (QED) is 0.408. The summed E-state index contributed by atoms with van der Waals surface area (Å²) >= 11 is 6.06. The summed E-state index contributed by atoms with van der Waals surface area (Å²) < 4.78 is 7.64. The first-order chi connectivity index (χ1) is 16.1. The molecular weight excluding hydrogens is 438 g/mol. The molecule has 5 rings (SSSR count). The summed E-state index contributed by atoms with van der Waals surface area (Å²) in [6, 6.07) is 16.6. The molecule has 0 radical (unpaired) electrons. The van der Waals surface area contributed by atoms with Gasteiger partial charge >= 0.3 is 0 Å². The number of imidazole rings is 1. The molecule has 1 fully saturated rings. The summed E-state index contributed by atoms with van der Waals surface area (Å²) in [7, 11) is 0. The van der Waals surface area contributed by atoms with Gasteiger partial charge in [-0.2, -0.15) is 0 Å². The third-order valence-corrected chi connectivity index (χ3v) is 6.27. The van der Waals surface area contributed by atoms with Crippen LogP contribution in [0, 0.1) is 0 Å². The minimum Gasteiger partial charge on any atom is -0.439 e. The number of carbonyl (C=O) groups is 1. The van der Waals surface area contributed by atoms with Crippen molar-refractivity contribution in [1.82, 2.24) is 19.5 Å². The topological polar surface area (TPSA) is 81.9 Å². The molecule has 1 amide bonds. The summed E-state index contributed by atoms with van der Waals surface area (Å²) in [5.74, 6) is 1.69. The van der Waals surface area contributed by atoms with E-state index in [1.54, 1.807) is 41.5 Å². The number of amides is 1. The molecule has 0 aliphatic heterocycles. The Labute approximate surface area is 196 Å². The fourth-order valence-corrected chi connectivity index (χ4v) is 4.42. The summed E-state index contributed by atoms with van der Waals surface area (Å²) in [6.45, 7) is 0. The Bertz CT molecular complexity index is 1230. The summed E-state index contributed by atoms with van der Waals surface area (Å²) in [5.41, 5.74) is 1.21. The fourth-order valence-electron chi connectivity index (χ4n) is 4.29. The zero-order chi connectivity index (χ0) is 22.7. The predicted octanol–water partition coefficient (Wildman–Crippen LogP) is 5.56. The molecule has 0 saturated heterocycles. The third-order valence-electron chi connectivity index (χ3n) is 6.02. The van der Waals surface area contributed by atoms with Crippen LogP contribution >= 0.6 is 11.6 Å². The molecule has 1 N–H and O–H groups in total. The number of hydrogen-bond donors (Lipinski definition) is 1. The van der Waals surface area contributed by atoms with Gasteiger partial charge in [0.15, 0.2) is 0 Å².